The number of nitrogens with one attached hydrogen (secondary N) is 1. The summed E-state index contributed by atoms with van der Waals surface area (Å²) in [4.78, 5) is 13.6. The molecule has 5 nitrogen and oxygen atoms in total. The Morgan fingerprint density at radius 1 is 1.24 bits per heavy atom. The fraction of sp³-hybridized carbons (Fsp3) is 0.238. The SMILES string of the molecule is CCc1nnc(C2C(=N)SC(=Cc3cc(C)n(-c4ccc(Cl)cc4)c3C)C2=O)s1. The molecule has 0 saturated carbocycles. The molecule has 0 radical (unpaired) electrons. The van der Waals surface area contributed by atoms with E-state index in [0.29, 0.717) is 20.0 Å². The van der Waals surface area contributed by atoms with E-state index in [1.165, 1.54) is 23.1 Å². The van der Waals surface area contributed by atoms with E-state index in [1.54, 1.807) is 0 Å². The molecule has 29 heavy (non-hydrogen) atoms. The van der Waals surface area contributed by atoms with Gasteiger partial charge in [0.25, 0.3) is 0 Å². The number of Topliss-reactive ketones (excluding diaryl/α,β-unsaturated/α-hetero) is 1. The summed E-state index contributed by atoms with van der Waals surface area (Å²) in [5.41, 5.74) is 4.08. The number of benzene rings is 1. The standard InChI is InChI=1S/C21H19ClN4OS2/c1-4-17-24-25-21(29-17)18-19(27)16(28-20(18)23)10-13-9-11(2)26(12(13)3)15-7-5-14(22)6-8-15/h5-10,18,23H,4H2,1-3H3. The number of allylic oxidation sites excluding steroid dienone is 1. The first kappa shape index (κ1) is 20.1. The number of carbonyl (C=O) groups is 1. The molecule has 0 spiro atoms. The molecule has 0 bridgehead atoms. The number of aromatic nitrogens is 3. The number of hydrogen-bond acceptors (Lipinski definition) is 6. The third-order valence-corrected chi connectivity index (χ3v) is 7.24. The number of thioether (sulfide) groups is 1. The second-order valence-electron chi connectivity index (χ2n) is 6.80. The predicted molar refractivity (Wildman–Crippen MR) is 121 cm³/mol. The van der Waals surface area contributed by atoms with Gasteiger partial charge in [0, 0.05) is 22.1 Å². The van der Waals surface area contributed by atoms with Crippen molar-refractivity contribution < 1.29 is 4.79 Å². The van der Waals surface area contributed by atoms with Crippen LogP contribution in [0, 0.1) is 19.3 Å². The van der Waals surface area contributed by atoms with Crippen molar-refractivity contribution in [3.05, 3.63) is 67.2 Å². The van der Waals surface area contributed by atoms with Crippen LogP contribution in [0.15, 0.2) is 35.2 Å². The van der Waals surface area contributed by atoms with Crippen molar-refractivity contribution in [1.82, 2.24) is 14.8 Å². The van der Waals surface area contributed by atoms with Crippen molar-refractivity contribution in [3.8, 4) is 5.69 Å². The first-order chi connectivity index (χ1) is 13.9. The Labute approximate surface area is 182 Å². The van der Waals surface area contributed by atoms with Gasteiger partial charge in [0.05, 0.1) is 9.95 Å². The van der Waals surface area contributed by atoms with Gasteiger partial charge in [0.1, 0.15) is 15.9 Å². The van der Waals surface area contributed by atoms with Gasteiger partial charge in [-0.05, 0) is 62.2 Å². The normalized spacial score (nSPS) is 18.2. The summed E-state index contributed by atoms with van der Waals surface area (Å²) in [6, 6.07) is 9.73. The van der Waals surface area contributed by atoms with E-state index in [0.717, 1.165) is 34.1 Å². The summed E-state index contributed by atoms with van der Waals surface area (Å²) in [7, 11) is 0. The van der Waals surface area contributed by atoms with Crippen LogP contribution in [0.25, 0.3) is 11.8 Å². The van der Waals surface area contributed by atoms with Crippen LogP contribution in [0.3, 0.4) is 0 Å². The number of nitrogens with zero attached hydrogens (tertiary/aromatic N) is 3. The van der Waals surface area contributed by atoms with Crippen molar-refractivity contribution >= 4 is 51.6 Å². The molecule has 1 saturated heterocycles. The fourth-order valence-corrected chi connectivity index (χ4v) is 5.47. The van der Waals surface area contributed by atoms with Crippen molar-refractivity contribution in [1.29, 1.82) is 5.41 Å². The van der Waals surface area contributed by atoms with Gasteiger partial charge in [-0.2, -0.15) is 0 Å². The summed E-state index contributed by atoms with van der Waals surface area (Å²) in [6.07, 6.45) is 2.66. The topological polar surface area (TPSA) is 71.6 Å². The lowest BCUT2D eigenvalue weighted by Crippen LogP contribution is -2.11. The average molecular weight is 443 g/mol. The molecule has 3 aromatic rings. The van der Waals surface area contributed by atoms with Gasteiger partial charge >= 0.3 is 0 Å². The van der Waals surface area contributed by atoms with Crippen LogP contribution in [-0.2, 0) is 11.2 Å². The van der Waals surface area contributed by atoms with Crippen LogP contribution in [0.2, 0.25) is 5.02 Å². The Morgan fingerprint density at radius 2 is 1.97 bits per heavy atom. The van der Waals surface area contributed by atoms with Gasteiger partial charge in [-0.1, -0.05) is 30.3 Å². The maximum atomic E-state index is 13.0. The van der Waals surface area contributed by atoms with E-state index in [1.807, 2.05) is 51.1 Å². The van der Waals surface area contributed by atoms with Crippen LogP contribution < -0.4 is 0 Å². The lowest BCUT2D eigenvalue weighted by atomic mass is 10.1. The number of carbonyl (C=O) groups excluding carboxylic acids is 1. The minimum Gasteiger partial charge on any atom is -0.318 e. The zero-order chi connectivity index (χ0) is 20.7. The highest BCUT2D eigenvalue weighted by Crippen LogP contribution is 2.42. The largest absolute Gasteiger partial charge is 0.318 e. The number of rotatable bonds is 4. The lowest BCUT2D eigenvalue weighted by Gasteiger charge is -2.09. The van der Waals surface area contributed by atoms with Crippen molar-refractivity contribution in [3.63, 3.8) is 0 Å². The predicted octanol–water partition coefficient (Wildman–Crippen LogP) is 5.58. The minimum atomic E-state index is -0.621. The quantitative estimate of drug-likeness (QED) is 0.535. The van der Waals surface area contributed by atoms with Gasteiger partial charge < -0.3 is 4.57 Å². The molecule has 0 amide bonds. The third-order valence-electron chi connectivity index (χ3n) is 4.86. The van der Waals surface area contributed by atoms with E-state index < -0.39 is 5.92 Å². The summed E-state index contributed by atoms with van der Waals surface area (Å²) in [6.45, 7) is 6.06. The summed E-state index contributed by atoms with van der Waals surface area (Å²) in [5.74, 6) is -0.695. The van der Waals surface area contributed by atoms with E-state index in [-0.39, 0.29) is 5.78 Å². The van der Waals surface area contributed by atoms with Gasteiger partial charge in [-0.25, -0.2) is 0 Å². The Hall–Kier alpha value is -2.22. The van der Waals surface area contributed by atoms with Gasteiger partial charge in [-0.3, -0.25) is 10.2 Å². The zero-order valence-electron chi connectivity index (χ0n) is 16.2. The molecule has 8 heteroatoms. The first-order valence-electron chi connectivity index (χ1n) is 9.18. The van der Waals surface area contributed by atoms with Crippen molar-refractivity contribution in [2.24, 2.45) is 0 Å². The monoisotopic (exact) mass is 442 g/mol. The molecule has 0 aliphatic carbocycles. The maximum absolute atomic E-state index is 13.0. The Bertz CT molecular complexity index is 1140. The highest BCUT2D eigenvalue weighted by molar-refractivity contribution is 8.19. The number of ketones is 1. The average Bonchev–Trinajstić information content (AvgIpc) is 3.34. The molecule has 2 aromatic heterocycles. The molecular formula is C21H19ClN4OS2. The van der Waals surface area contributed by atoms with Crippen LogP contribution >= 0.6 is 34.7 Å². The van der Waals surface area contributed by atoms with E-state index >= 15 is 0 Å². The van der Waals surface area contributed by atoms with E-state index in [9.17, 15) is 4.79 Å². The first-order valence-corrected chi connectivity index (χ1v) is 11.2. The Morgan fingerprint density at radius 3 is 2.62 bits per heavy atom. The molecule has 1 fully saturated rings. The molecule has 1 aliphatic rings. The molecule has 3 heterocycles. The smallest absolute Gasteiger partial charge is 0.186 e. The zero-order valence-corrected chi connectivity index (χ0v) is 18.6. The fourth-order valence-electron chi connectivity index (χ4n) is 3.40. The third kappa shape index (κ3) is 3.70. The molecule has 1 atom stereocenters. The van der Waals surface area contributed by atoms with E-state index in [4.69, 9.17) is 17.0 Å². The molecule has 1 aromatic carbocycles. The summed E-state index contributed by atoms with van der Waals surface area (Å²) < 4.78 is 2.13. The van der Waals surface area contributed by atoms with Gasteiger partial charge in [0.15, 0.2) is 5.78 Å². The summed E-state index contributed by atoms with van der Waals surface area (Å²) >= 11 is 8.65. The van der Waals surface area contributed by atoms with Crippen LogP contribution in [0.5, 0.6) is 0 Å². The second-order valence-corrected chi connectivity index (χ2v) is 9.41. The number of aryl methyl sites for hydroxylation is 2. The molecule has 4 rings (SSSR count). The lowest BCUT2D eigenvalue weighted by molar-refractivity contribution is -0.114. The Kier molecular flexibility index (Phi) is 5.46. The molecule has 1 aliphatic heterocycles. The number of hydrogen-bond donors (Lipinski definition) is 1. The number of halogens is 1. The molecule has 1 unspecified atom stereocenters. The van der Waals surface area contributed by atoms with Crippen LogP contribution in [-0.4, -0.2) is 25.6 Å². The van der Waals surface area contributed by atoms with Gasteiger partial charge in [0.2, 0.25) is 0 Å². The molecule has 148 valence electrons. The summed E-state index contributed by atoms with van der Waals surface area (Å²) in [5, 5.41) is 19.1. The van der Waals surface area contributed by atoms with Crippen LogP contribution in [0.1, 0.15) is 39.8 Å². The maximum Gasteiger partial charge on any atom is 0.186 e. The molecular weight excluding hydrogens is 424 g/mol. The minimum absolute atomic E-state index is 0.0740. The Balaban J connectivity index is 1.68. The highest BCUT2D eigenvalue weighted by Gasteiger charge is 2.39. The van der Waals surface area contributed by atoms with Crippen molar-refractivity contribution in [2.45, 2.75) is 33.1 Å². The van der Waals surface area contributed by atoms with Crippen molar-refractivity contribution in [2.75, 3.05) is 0 Å². The highest BCUT2D eigenvalue weighted by atomic mass is 35.5. The van der Waals surface area contributed by atoms with Crippen LogP contribution in [0.4, 0.5) is 0 Å². The molecule has 1 N–H and O–H groups in total. The second kappa shape index (κ2) is 7.89. The van der Waals surface area contributed by atoms with Gasteiger partial charge in [-0.15, -0.1) is 21.5 Å². The van der Waals surface area contributed by atoms with E-state index in [2.05, 4.69) is 20.8 Å².